The Morgan fingerprint density at radius 2 is 2.35 bits per heavy atom. The van der Waals surface area contributed by atoms with Crippen molar-refractivity contribution < 1.29 is 9.94 Å². The van der Waals surface area contributed by atoms with E-state index in [0.29, 0.717) is 29.4 Å². The Kier molecular flexibility index (Phi) is 4.47. The highest BCUT2D eigenvalue weighted by Crippen LogP contribution is 2.26. The van der Waals surface area contributed by atoms with Gasteiger partial charge in [0.05, 0.1) is 23.4 Å². The Morgan fingerprint density at radius 1 is 1.55 bits per heavy atom. The van der Waals surface area contributed by atoms with Crippen molar-refractivity contribution in [1.29, 1.82) is 0 Å². The normalized spacial score (nSPS) is 11.6. The molecule has 0 spiro atoms. The largest absolute Gasteiger partial charge is 0.492 e. The number of oxime groups is 1. The predicted octanol–water partition coefficient (Wildman–Crippen LogP) is 1.79. The molecule has 2 aromatic rings. The van der Waals surface area contributed by atoms with Gasteiger partial charge in [-0.3, -0.25) is 4.68 Å². The van der Waals surface area contributed by atoms with Crippen LogP contribution in [0.5, 0.6) is 5.75 Å². The monoisotopic (exact) mass is 294 g/mol. The van der Waals surface area contributed by atoms with Gasteiger partial charge in [-0.25, -0.2) is 0 Å². The van der Waals surface area contributed by atoms with Gasteiger partial charge in [-0.05, 0) is 17.7 Å². The Hall–Kier alpha value is -2.21. The number of hydrogen-bond acceptors (Lipinski definition) is 4. The average Bonchev–Trinajstić information content (AvgIpc) is 2.84. The Bertz CT molecular complexity index is 625. The van der Waals surface area contributed by atoms with Crippen molar-refractivity contribution in [1.82, 2.24) is 9.78 Å². The first-order chi connectivity index (χ1) is 9.61. The van der Waals surface area contributed by atoms with E-state index in [1.807, 2.05) is 13.2 Å². The van der Waals surface area contributed by atoms with Crippen molar-refractivity contribution in [2.45, 2.75) is 6.42 Å². The van der Waals surface area contributed by atoms with Crippen LogP contribution in [0.25, 0.3) is 0 Å². The lowest BCUT2D eigenvalue weighted by molar-refractivity contribution is 0.313. The van der Waals surface area contributed by atoms with Gasteiger partial charge in [-0.1, -0.05) is 22.8 Å². The smallest absolute Gasteiger partial charge is 0.175 e. The topological polar surface area (TPSA) is 85.7 Å². The lowest BCUT2D eigenvalue weighted by Gasteiger charge is -2.11. The number of aromatic nitrogens is 2. The molecule has 0 saturated heterocycles. The van der Waals surface area contributed by atoms with Crippen LogP contribution in [0.3, 0.4) is 0 Å². The summed E-state index contributed by atoms with van der Waals surface area (Å²) in [5.41, 5.74) is 7.07. The third-order valence-corrected chi connectivity index (χ3v) is 3.06. The molecule has 0 unspecified atom stereocenters. The maximum Gasteiger partial charge on any atom is 0.175 e. The van der Waals surface area contributed by atoms with E-state index in [0.717, 1.165) is 5.56 Å². The first-order valence-corrected chi connectivity index (χ1v) is 6.36. The molecule has 1 aromatic carbocycles. The standard InChI is InChI=1S/C13H15ClN4O2/c1-18-8-9(7-16-18)5-6-20-11-4-2-3-10(14)12(11)13(15)17-19/h2-4,7-8,19H,5-6H2,1H3,(H2,15,17). The molecule has 20 heavy (non-hydrogen) atoms. The molecule has 6 nitrogen and oxygen atoms in total. The molecule has 0 aliphatic heterocycles. The van der Waals surface area contributed by atoms with E-state index in [2.05, 4.69) is 10.3 Å². The minimum atomic E-state index is -0.0769. The summed E-state index contributed by atoms with van der Waals surface area (Å²) in [6, 6.07) is 5.13. The van der Waals surface area contributed by atoms with Crippen LogP contribution in [0.15, 0.2) is 35.7 Å². The van der Waals surface area contributed by atoms with E-state index >= 15 is 0 Å². The zero-order valence-corrected chi connectivity index (χ0v) is 11.7. The van der Waals surface area contributed by atoms with Gasteiger partial charge in [-0.15, -0.1) is 0 Å². The minimum Gasteiger partial charge on any atom is -0.492 e. The number of rotatable bonds is 5. The van der Waals surface area contributed by atoms with Crippen LogP contribution in [0.1, 0.15) is 11.1 Å². The Balaban J connectivity index is 2.08. The third kappa shape index (κ3) is 3.21. The number of amidine groups is 1. The number of halogens is 1. The van der Waals surface area contributed by atoms with Crippen LogP contribution in [0.2, 0.25) is 5.02 Å². The maximum atomic E-state index is 8.78. The molecular formula is C13H15ClN4O2. The summed E-state index contributed by atoms with van der Waals surface area (Å²) in [5.74, 6) is 0.406. The number of hydrogen-bond donors (Lipinski definition) is 2. The Labute approximate surface area is 121 Å². The molecule has 0 fully saturated rings. The van der Waals surface area contributed by atoms with Crippen molar-refractivity contribution in [2.75, 3.05) is 6.61 Å². The average molecular weight is 295 g/mol. The number of ether oxygens (including phenoxy) is 1. The first-order valence-electron chi connectivity index (χ1n) is 5.98. The molecule has 0 bridgehead atoms. The second kappa shape index (κ2) is 6.29. The molecule has 0 saturated carbocycles. The van der Waals surface area contributed by atoms with Crippen LogP contribution >= 0.6 is 11.6 Å². The van der Waals surface area contributed by atoms with Gasteiger partial charge >= 0.3 is 0 Å². The summed E-state index contributed by atoms with van der Waals surface area (Å²) in [6.07, 6.45) is 4.41. The number of nitrogens with zero attached hydrogens (tertiary/aromatic N) is 3. The predicted molar refractivity (Wildman–Crippen MR) is 76.4 cm³/mol. The summed E-state index contributed by atoms with van der Waals surface area (Å²) < 4.78 is 7.39. The quantitative estimate of drug-likeness (QED) is 0.381. The van der Waals surface area contributed by atoms with Crippen LogP contribution in [-0.4, -0.2) is 27.4 Å². The van der Waals surface area contributed by atoms with E-state index in [4.69, 9.17) is 27.3 Å². The van der Waals surface area contributed by atoms with E-state index in [1.165, 1.54) is 0 Å². The van der Waals surface area contributed by atoms with Crippen molar-refractivity contribution in [3.05, 3.63) is 46.7 Å². The van der Waals surface area contributed by atoms with Gasteiger partial charge in [0.2, 0.25) is 0 Å². The van der Waals surface area contributed by atoms with E-state index in [-0.39, 0.29) is 5.84 Å². The van der Waals surface area contributed by atoms with Gasteiger partial charge in [0, 0.05) is 19.7 Å². The zero-order valence-electron chi connectivity index (χ0n) is 11.0. The molecular weight excluding hydrogens is 280 g/mol. The first kappa shape index (κ1) is 14.2. The maximum absolute atomic E-state index is 8.78. The van der Waals surface area contributed by atoms with Gasteiger partial charge in [0.25, 0.3) is 0 Å². The zero-order chi connectivity index (χ0) is 14.5. The van der Waals surface area contributed by atoms with Gasteiger partial charge in [-0.2, -0.15) is 5.10 Å². The highest BCUT2D eigenvalue weighted by molar-refractivity contribution is 6.34. The molecule has 0 atom stereocenters. The summed E-state index contributed by atoms with van der Waals surface area (Å²) in [5, 5.41) is 16.2. The fraction of sp³-hybridized carbons (Fsp3) is 0.231. The molecule has 0 aliphatic carbocycles. The lowest BCUT2D eigenvalue weighted by atomic mass is 10.2. The molecule has 106 valence electrons. The fourth-order valence-electron chi connectivity index (χ4n) is 1.80. The van der Waals surface area contributed by atoms with Crippen molar-refractivity contribution >= 4 is 17.4 Å². The molecule has 0 radical (unpaired) electrons. The number of benzene rings is 1. The second-order valence-corrected chi connectivity index (χ2v) is 4.63. The number of aryl methyl sites for hydroxylation is 1. The molecule has 7 heteroatoms. The highest BCUT2D eigenvalue weighted by atomic mass is 35.5. The summed E-state index contributed by atoms with van der Waals surface area (Å²) in [6.45, 7) is 0.442. The molecule has 3 N–H and O–H groups in total. The van der Waals surface area contributed by atoms with Crippen molar-refractivity contribution in [3.8, 4) is 5.75 Å². The summed E-state index contributed by atoms with van der Waals surface area (Å²) in [4.78, 5) is 0. The summed E-state index contributed by atoms with van der Waals surface area (Å²) >= 11 is 6.04. The summed E-state index contributed by atoms with van der Waals surface area (Å²) in [7, 11) is 1.86. The molecule has 1 aromatic heterocycles. The van der Waals surface area contributed by atoms with E-state index in [9.17, 15) is 0 Å². The lowest BCUT2D eigenvalue weighted by Crippen LogP contribution is -2.16. The highest BCUT2D eigenvalue weighted by Gasteiger charge is 2.12. The molecule has 2 rings (SSSR count). The van der Waals surface area contributed by atoms with Gasteiger partial charge < -0.3 is 15.7 Å². The third-order valence-electron chi connectivity index (χ3n) is 2.75. The van der Waals surface area contributed by atoms with Gasteiger partial charge in [0.15, 0.2) is 5.84 Å². The van der Waals surface area contributed by atoms with Crippen LogP contribution < -0.4 is 10.5 Å². The van der Waals surface area contributed by atoms with Gasteiger partial charge in [0.1, 0.15) is 5.75 Å². The van der Waals surface area contributed by atoms with Crippen LogP contribution in [-0.2, 0) is 13.5 Å². The Morgan fingerprint density at radius 3 is 3.00 bits per heavy atom. The minimum absolute atomic E-state index is 0.0769. The molecule has 0 aliphatic rings. The SMILES string of the molecule is Cn1cc(CCOc2cccc(Cl)c2/C(N)=N/O)cn1. The van der Waals surface area contributed by atoms with Crippen LogP contribution in [0, 0.1) is 0 Å². The van der Waals surface area contributed by atoms with Crippen molar-refractivity contribution in [3.63, 3.8) is 0 Å². The fourth-order valence-corrected chi connectivity index (χ4v) is 2.07. The number of nitrogens with two attached hydrogens (primary N) is 1. The van der Waals surface area contributed by atoms with E-state index < -0.39 is 0 Å². The molecule has 0 amide bonds. The van der Waals surface area contributed by atoms with Crippen LogP contribution in [0.4, 0.5) is 0 Å². The van der Waals surface area contributed by atoms with E-state index in [1.54, 1.807) is 29.1 Å². The second-order valence-electron chi connectivity index (χ2n) is 4.22. The molecule has 1 heterocycles. The van der Waals surface area contributed by atoms with Crippen molar-refractivity contribution in [2.24, 2.45) is 17.9 Å².